The number of Topliss-reactive ketones (excluding diaryl/α,β-unsaturated/α-hetero) is 1. The van der Waals surface area contributed by atoms with E-state index < -0.39 is 4.92 Å². The highest BCUT2D eigenvalue weighted by molar-refractivity contribution is 6.27. The molecule has 0 amide bonds. The van der Waals surface area contributed by atoms with Gasteiger partial charge in [-0.25, -0.2) is 4.57 Å². The number of aromatic nitrogens is 2. The fourth-order valence-corrected chi connectivity index (χ4v) is 1.69. The van der Waals surface area contributed by atoms with Crippen molar-refractivity contribution in [2.24, 2.45) is 0 Å². The second-order valence-corrected chi connectivity index (χ2v) is 4.08. The molecule has 2 aromatic rings. The Morgan fingerprint density at radius 1 is 1.35 bits per heavy atom. The topological polar surface area (TPSA) is 77.0 Å². The number of carbonyl (C=O) groups excluding carboxylic acids is 1. The van der Waals surface area contributed by atoms with Gasteiger partial charge < -0.3 is 17.0 Å². The summed E-state index contributed by atoms with van der Waals surface area (Å²) in [5.74, 6) is -0.199. The number of nitrogens with zero attached hydrogens (tertiary/aromatic N) is 3. The number of nitro groups is 1. The maximum absolute atomic E-state index is 12.0. The van der Waals surface area contributed by atoms with Crippen LogP contribution in [0.1, 0.15) is 10.4 Å². The minimum atomic E-state index is -0.513. The lowest BCUT2D eigenvalue weighted by Crippen LogP contribution is -3.00. The molecule has 20 heavy (non-hydrogen) atoms. The van der Waals surface area contributed by atoms with Crippen LogP contribution in [0.4, 0.5) is 5.69 Å². The second kappa shape index (κ2) is 7.06. The van der Waals surface area contributed by atoms with Gasteiger partial charge in [-0.2, -0.15) is 0 Å². The summed E-state index contributed by atoms with van der Waals surface area (Å²) >= 11 is 5.83. The van der Waals surface area contributed by atoms with Gasteiger partial charge in [0.15, 0.2) is 6.54 Å². The Morgan fingerprint density at radius 2 is 2.00 bits per heavy atom. The first-order chi connectivity index (χ1) is 9.08. The number of nitro benzene ring substituents is 1. The van der Waals surface area contributed by atoms with Crippen LogP contribution >= 0.6 is 11.6 Å². The van der Waals surface area contributed by atoms with Gasteiger partial charge in [-0.15, -0.1) is 0 Å². The number of carbonyl (C=O) groups is 1. The van der Waals surface area contributed by atoms with Gasteiger partial charge in [0.25, 0.3) is 5.69 Å². The van der Waals surface area contributed by atoms with Crippen molar-refractivity contribution in [3.8, 4) is 0 Å². The lowest BCUT2D eigenvalue weighted by Gasteiger charge is -2.00. The molecule has 104 valence electrons. The van der Waals surface area contributed by atoms with Crippen molar-refractivity contribution in [1.29, 1.82) is 0 Å². The van der Waals surface area contributed by atoms with Crippen molar-refractivity contribution in [3.05, 3.63) is 63.7 Å². The molecule has 0 spiro atoms. The molecule has 0 unspecified atom stereocenters. The van der Waals surface area contributed by atoms with Crippen LogP contribution in [0.3, 0.4) is 0 Å². The summed E-state index contributed by atoms with van der Waals surface area (Å²) in [5, 5.41) is 10.7. The van der Waals surface area contributed by atoms with Crippen molar-refractivity contribution >= 4 is 23.1 Å². The molecule has 1 heterocycles. The molecule has 0 saturated carbocycles. The molecule has 0 bridgehead atoms. The number of rotatable bonds is 4. The van der Waals surface area contributed by atoms with Gasteiger partial charge in [-0.3, -0.25) is 14.9 Å². The van der Waals surface area contributed by atoms with E-state index in [0.717, 1.165) is 0 Å². The molecule has 6 nitrogen and oxygen atoms in total. The Kier molecular flexibility index (Phi) is 5.72. The Labute approximate surface area is 129 Å². The summed E-state index contributed by atoms with van der Waals surface area (Å²) in [7, 11) is 0. The number of benzene rings is 1. The Balaban J connectivity index is 0.00000200. The molecule has 0 atom stereocenters. The van der Waals surface area contributed by atoms with E-state index in [2.05, 4.69) is 4.98 Å². The summed E-state index contributed by atoms with van der Waals surface area (Å²) < 4.78 is 1.49. The third-order valence-electron chi connectivity index (χ3n) is 2.48. The average Bonchev–Trinajstić information content (AvgIpc) is 2.41. The first kappa shape index (κ1) is 16.2. The predicted octanol–water partition coefficient (Wildman–Crippen LogP) is -1.18. The summed E-state index contributed by atoms with van der Waals surface area (Å²) in [4.78, 5) is 25.8. The van der Waals surface area contributed by atoms with E-state index >= 15 is 0 Å². The monoisotopic (exact) mass is 357 g/mol. The largest absolute Gasteiger partial charge is 1.00 e. The quantitative estimate of drug-likeness (QED) is 0.227. The highest BCUT2D eigenvalue weighted by atomic mass is 79.9. The van der Waals surface area contributed by atoms with Crippen LogP contribution in [0, 0.1) is 10.1 Å². The molecular weight excluding hydrogens is 350 g/mol. The highest BCUT2D eigenvalue weighted by Crippen LogP contribution is 2.12. The zero-order valence-electron chi connectivity index (χ0n) is 10.1. The Bertz CT molecular complexity index is 634. The summed E-state index contributed by atoms with van der Waals surface area (Å²) in [6.07, 6.45) is 3.16. The molecule has 0 radical (unpaired) electrons. The first-order valence-electron chi connectivity index (χ1n) is 5.35. The maximum Gasteiger partial charge on any atom is 0.396 e. The van der Waals surface area contributed by atoms with E-state index in [-0.39, 0.29) is 40.3 Å². The molecule has 2 rings (SSSR count). The maximum atomic E-state index is 12.0. The van der Waals surface area contributed by atoms with E-state index in [1.807, 2.05) is 0 Å². The van der Waals surface area contributed by atoms with Crippen LogP contribution in [-0.4, -0.2) is 15.7 Å². The smallest absolute Gasteiger partial charge is 0.396 e. The zero-order chi connectivity index (χ0) is 13.8. The molecule has 1 aromatic heterocycles. The standard InChI is InChI=1S/C12H9ClN3O3.BrH/c13-12-14-6-1-7-15(12)8-11(17)9-2-4-10(5-3-9)16(18)19;/h1-7H,8H2;1H/q+1;/p-1. The van der Waals surface area contributed by atoms with E-state index in [1.165, 1.54) is 35.0 Å². The van der Waals surface area contributed by atoms with E-state index in [4.69, 9.17) is 11.6 Å². The van der Waals surface area contributed by atoms with Crippen LogP contribution in [0.5, 0.6) is 0 Å². The third kappa shape index (κ3) is 3.82. The van der Waals surface area contributed by atoms with Crippen LogP contribution < -0.4 is 21.5 Å². The highest BCUT2D eigenvalue weighted by Gasteiger charge is 2.15. The van der Waals surface area contributed by atoms with E-state index in [9.17, 15) is 14.9 Å². The van der Waals surface area contributed by atoms with E-state index in [0.29, 0.717) is 5.56 Å². The second-order valence-electron chi connectivity index (χ2n) is 3.74. The van der Waals surface area contributed by atoms with Crippen molar-refractivity contribution in [2.45, 2.75) is 6.54 Å². The fourth-order valence-electron chi connectivity index (χ4n) is 1.52. The van der Waals surface area contributed by atoms with E-state index in [1.54, 1.807) is 12.3 Å². The van der Waals surface area contributed by atoms with Gasteiger partial charge >= 0.3 is 5.28 Å². The van der Waals surface area contributed by atoms with Crippen LogP contribution in [0.25, 0.3) is 0 Å². The number of halogens is 2. The summed E-state index contributed by atoms with van der Waals surface area (Å²) in [6.45, 7) is 0.0322. The van der Waals surface area contributed by atoms with Crippen LogP contribution in [-0.2, 0) is 6.54 Å². The van der Waals surface area contributed by atoms with Gasteiger partial charge in [0.05, 0.1) is 11.1 Å². The average molecular weight is 359 g/mol. The molecule has 0 aliphatic carbocycles. The minimum absolute atomic E-state index is 0. The lowest BCUT2D eigenvalue weighted by molar-refractivity contribution is -0.683. The fraction of sp³-hybridized carbons (Fsp3) is 0.0833. The Hall–Kier alpha value is -1.86. The lowest BCUT2D eigenvalue weighted by atomic mass is 10.1. The molecular formula is C12H9BrClN3O3. The number of ketones is 1. The number of hydrogen-bond donors (Lipinski definition) is 0. The van der Waals surface area contributed by atoms with Crippen molar-refractivity contribution in [1.82, 2.24) is 4.98 Å². The minimum Gasteiger partial charge on any atom is -1.00 e. The van der Waals surface area contributed by atoms with Crippen LogP contribution in [0.15, 0.2) is 42.7 Å². The zero-order valence-corrected chi connectivity index (χ0v) is 12.4. The van der Waals surface area contributed by atoms with Gasteiger partial charge in [-0.05, 0) is 17.1 Å². The third-order valence-corrected chi connectivity index (χ3v) is 2.80. The van der Waals surface area contributed by atoms with Crippen LogP contribution in [0.2, 0.25) is 5.28 Å². The van der Waals surface area contributed by atoms with Gasteiger partial charge in [0, 0.05) is 35.4 Å². The molecule has 0 aliphatic heterocycles. The van der Waals surface area contributed by atoms with Gasteiger partial charge in [0.1, 0.15) is 6.20 Å². The molecule has 0 fully saturated rings. The van der Waals surface area contributed by atoms with Crippen molar-refractivity contribution in [3.63, 3.8) is 0 Å². The summed E-state index contributed by atoms with van der Waals surface area (Å²) in [5.41, 5.74) is 0.335. The molecule has 0 N–H and O–H groups in total. The predicted molar refractivity (Wildman–Crippen MR) is 66.9 cm³/mol. The number of non-ortho nitro benzene ring substituents is 1. The van der Waals surface area contributed by atoms with Gasteiger partial charge in [0.2, 0.25) is 5.78 Å². The molecule has 8 heteroatoms. The SMILES string of the molecule is O=C(C[n+]1cccnc1Cl)c1ccc([N+](=O)[O-])cc1.[Br-]. The summed E-state index contributed by atoms with van der Waals surface area (Å²) in [6, 6.07) is 7.09. The normalized spacial score (nSPS) is 9.65. The molecule has 0 aliphatic rings. The molecule has 1 aromatic carbocycles. The molecule has 0 saturated heterocycles. The van der Waals surface area contributed by atoms with Crippen molar-refractivity contribution < 1.29 is 31.3 Å². The number of hydrogen-bond acceptors (Lipinski definition) is 4. The van der Waals surface area contributed by atoms with Gasteiger partial charge in [-0.1, -0.05) is 0 Å². The Morgan fingerprint density at radius 3 is 2.55 bits per heavy atom. The van der Waals surface area contributed by atoms with Crippen molar-refractivity contribution in [2.75, 3.05) is 0 Å². The first-order valence-corrected chi connectivity index (χ1v) is 5.73.